The summed E-state index contributed by atoms with van der Waals surface area (Å²) in [4.78, 5) is 12.8. The van der Waals surface area contributed by atoms with Crippen LogP contribution < -0.4 is 10.1 Å². The van der Waals surface area contributed by atoms with E-state index < -0.39 is 5.60 Å². The van der Waals surface area contributed by atoms with Crippen molar-refractivity contribution >= 4 is 11.6 Å². The van der Waals surface area contributed by atoms with Crippen LogP contribution >= 0.6 is 0 Å². The van der Waals surface area contributed by atoms with E-state index in [1.165, 1.54) is 0 Å². The minimum absolute atomic E-state index is 0.129. The fraction of sp³-hybridized carbons (Fsp3) is 0.435. The highest BCUT2D eigenvalue weighted by atomic mass is 16.5. The van der Waals surface area contributed by atoms with Crippen molar-refractivity contribution in [1.82, 2.24) is 0 Å². The van der Waals surface area contributed by atoms with Crippen LogP contribution in [0, 0.1) is 19.8 Å². The summed E-state index contributed by atoms with van der Waals surface area (Å²) in [6.07, 6.45) is 0.658. The molecule has 1 amide bonds. The van der Waals surface area contributed by atoms with Crippen molar-refractivity contribution in [2.45, 2.75) is 53.2 Å². The van der Waals surface area contributed by atoms with Crippen molar-refractivity contribution in [3.63, 3.8) is 0 Å². The number of anilines is 1. The van der Waals surface area contributed by atoms with E-state index in [9.17, 15) is 4.79 Å². The average Bonchev–Trinajstić information content (AvgIpc) is 2.61. The Bertz CT molecular complexity index is 747. The van der Waals surface area contributed by atoms with Gasteiger partial charge in [-0.15, -0.1) is 0 Å². The summed E-state index contributed by atoms with van der Waals surface area (Å²) in [7, 11) is 1.58. The van der Waals surface area contributed by atoms with Gasteiger partial charge in [0.05, 0.1) is 0 Å². The van der Waals surface area contributed by atoms with E-state index >= 15 is 0 Å². The Balaban J connectivity index is 2.12. The molecule has 146 valence electrons. The maximum Gasteiger partial charge on any atom is 0.256 e. The Morgan fingerprint density at radius 2 is 1.70 bits per heavy atom. The van der Waals surface area contributed by atoms with Crippen LogP contribution in [-0.2, 0) is 16.1 Å². The molecule has 1 atom stereocenters. The van der Waals surface area contributed by atoms with Crippen LogP contribution in [0.15, 0.2) is 42.5 Å². The molecular formula is C23H31NO3. The van der Waals surface area contributed by atoms with Crippen molar-refractivity contribution in [2.24, 2.45) is 5.92 Å². The molecule has 0 aliphatic carbocycles. The lowest BCUT2D eigenvalue weighted by molar-refractivity contribution is -0.137. The first kappa shape index (κ1) is 21.0. The Morgan fingerprint density at radius 1 is 1.11 bits per heavy atom. The highest BCUT2D eigenvalue weighted by Crippen LogP contribution is 2.29. The van der Waals surface area contributed by atoms with Gasteiger partial charge in [-0.1, -0.05) is 44.2 Å². The maximum atomic E-state index is 12.8. The van der Waals surface area contributed by atoms with Gasteiger partial charge in [-0.2, -0.15) is 0 Å². The fourth-order valence-corrected chi connectivity index (χ4v) is 3.29. The molecule has 0 aromatic heterocycles. The van der Waals surface area contributed by atoms with Crippen LogP contribution in [-0.4, -0.2) is 18.6 Å². The number of hydrogen-bond acceptors (Lipinski definition) is 3. The summed E-state index contributed by atoms with van der Waals surface area (Å²) in [5, 5.41) is 3.00. The summed E-state index contributed by atoms with van der Waals surface area (Å²) in [6, 6.07) is 14.0. The van der Waals surface area contributed by atoms with Gasteiger partial charge < -0.3 is 14.8 Å². The number of nitrogens with one attached hydrogen (secondary N) is 1. The second kappa shape index (κ2) is 9.05. The van der Waals surface area contributed by atoms with E-state index in [-0.39, 0.29) is 5.91 Å². The first-order valence-electron chi connectivity index (χ1n) is 9.39. The summed E-state index contributed by atoms with van der Waals surface area (Å²) in [5.74, 6) is 1.09. The first-order chi connectivity index (χ1) is 12.7. The Kier molecular flexibility index (Phi) is 7.03. The molecule has 0 saturated heterocycles. The van der Waals surface area contributed by atoms with E-state index in [1.807, 2.05) is 63.2 Å². The number of benzene rings is 2. The molecule has 1 N–H and O–H groups in total. The zero-order valence-electron chi connectivity index (χ0n) is 17.3. The largest absolute Gasteiger partial charge is 0.488 e. The molecule has 0 radical (unpaired) electrons. The number of hydrogen-bond donors (Lipinski definition) is 1. The summed E-state index contributed by atoms with van der Waals surface area (Å²) < 4.78 is 11.5. The third-order valence-corrected chi connectivity index (χ3v) is 4.67. The molecule has 0 saturated carbocycles. The van der Waals surface area contributed by atoms with Gasteiger partial charge in [0.1, 0.15) is 18.0 Å². The molecule has 0 aliphatic rings. The number of aryl methyl sites for hydroxylation is 2. The third-order valence-electron chi connectivity index (χ3n) is 4.67. The predicted octanol–water partition coefficient (Wildman–Crippen LogP) is 5.27. The molecule has 2 rings (SSSR count). The molecule has 0 fully saturated rings. The van der Waals surface area contributed by atoms with E-state index in [2.05, 4.69) is 19.2 Å². The lowest BCUT2D eigenvalue weighted by Crippen LogP contribution is -2.43. The number of carbonyl (C=O) groups is 1. The van der Waals surface area contributed by atoms with Crippen molar-refractivity contribution in [3.05, 3.63) is 59.2 Å². The number of rotatable bonds is 8. The highest BCUT2D eigenvalue weighted by Gasteiger charge is 2.34. The normalized spacial score (nSPS) is 13.3. The van der Waals surface area contributed by atoms with Gasteiger partial charge in [0, 0.05) is 12.8 Å². The van der Waals surface area contributed by atoms with Crippen LogP contribution in [0.3, 0.4) is 0 Å². The molecule has 4 heteroatoms. The molecule has 0 aliphatic heterocycles. The SMILES string of the molecule is CO[C@](C)(CC(C)C)C(=O)Nc1cc(C)c(OCc2ccccc2)c(C)c1. The molecule has 0 unspecified atom stereocenters. The van der Waals surface area contributed by atoms with E-state index in [0.717, 1.165) is 28.1 Å². The quantitative estimate of drug-likeness (QED) is 0.689. The van der Waals surface area contributed by atoms with Crippen molar-refractivity contribution in [1.29, 1.82) is 0 Å². The summed E-state index contributed by atoms with van der Waals surface area (Å²) in [5.41, 5.74) is 3.01. The lowest BCUT2D eigenvalue weighted by Gasteiger charge is -2.28. The smallest absolute Gasteiger partial charge is 0.256 e. The van der Waals surface area contributed by atoms with Gasteiger partial charge in [0.15, 0.2) is 0 Å². The van der Waals surface area contributed by atoms with Crippen molar-refractivity contribution in [3.8, 4) is 5.75 Å². The Morgan fingerprint density at radius 3 is 2.22 bits per heavy atom. The second-order valence-corrected chi connectivity index (χ2v) is 7.70. The number of ether oxygens (including phenoxy) is 2. The van der Waals surface area contributed by atoms with E-state index in [0.29, 0.717) is 18.9 Å². The van der Waals surface area contributed by atoms with Crippen LogP contribution in [0.1, 0.15) is 43.9 Å². The number of carbonyl (C=O) groups excluding carboxylic acids is 1. The Labute approximate surface area is 162 Å². The van der Waals surface area contributed by atoms with E-state index in [1.54, 1.807) is 7.11 Å². The second-order valence-electron chi connectivity index (χ2n) is 7.70. The van der Waals surface area contributed by atoms with Gasteiger partial charge in [-0.3, -0.25) is 4.79 Å². The van der Waals surface area contributed by atoms with Crippen LogP contribution in [0.5, 0.6) is 5.75 Å². The lowest BCUT2D eigenvalue weighted by atomic mass is 9.93. The minimum Gasteiger partial charge on any atom is -0.488 e. The van der Waals surface area contributed by atoms with Gasteiger partial charge in [0.25, 0.3) is 5.91 Å². The van der Waals surface area contributed by atoms with Crippen LogP contribution in [0.25, 0.3) is 0 Å². The monoisotopic (exact) mass is 369 g/mol. The van der Waals surface area contributed by atoms with Crippen LogP contribution in [0.2, 0.25) is 0 Å². The standard InChI is InChI=1S/C23H31NO3/c1-16(2)14-23(5,26-6)22(25)24-20-12-17(3)21(18(4)13-20)27-15-19-10-8-7-9-11-19/h7-13,16H,14-15H2,1-6H3,(H,24,25)/t23-/m1/s1. The highest BCUT2D eigenvalue weighted by molar-refractivity contribution is 5.97. The molecular weight excluding hydrogens is 338 g/mol. The summed E-state index contributed by atoms with van der Waals surface area (Å²) in [6.45, 7) is 10.5. The molecule has 4 nitrogen and oxygen atoms in total. The fourth-order valence-electron chi connectivity index (χ4n) is 3.29. The van der Waals surface area contributed by atoms with Gasteiger partial charge in [-0.25, -0.2) is 0 Å². The maximum absolute atomic E-state index is 12.8. The zero-order valence-corrected chi connectivity index (χ0v) is 17.3. The Hall–Kier alpha value is -2.33. The molecule has 0 heterocycles. The van der Waals surface area contributed by atoms with Gasteiger partial charge in [-0.05, 0) is 61.9 Å². The minimum atomic E-state index is -0.849. The van der Waals surface area contributed by atoms with E-state index in [4.69, 9.17) is 9.47 Å². The molecule has 27 heavy (non-hydrogen) atoms. The first-order valence-corrected chi connectivity index (χ1v) is 9.39. The molecule has 0 spiro atoms. The summed E-state index contributed by atoms with van der Waals surface area (Å²) >= 11 is 0. The predicted molar refractivity (Wildman–Crippen MR) is 110 cm³/mol. The topological polar surface area (TPSA) is 47.6 Å². The number of methoxy groups -OCH3 is 1. The third kappa shape index (κ3) is 5.57. The average molecular weight is 370 g/mol. The zero-order chi connectivity index (χ0) is 20.0. The molecule has 2 aromatic carbocycles. The van der Waals surface area contributed by atoms with Crippen LogP contribution in [0.4, 0.5) is 5.69 Å². The van der Waals surface area contributed by atoms with Crippen molar-refractivity contribution < 1.29 is 14.3 Å². The molecule has 0 bridgehead atoms. The number of amides is 1. The van der Waals surface area contributed by atoms with Gasteiger partial charge >= 0.3 is 0 Å². The molecule has 2 aromatic rings. The van der Waals surface area contributed by atoms with Crippen molar-refractivity contribution in [2.75, 3.05) is 12.4 Å². The van der Waals surface area contributed by atoms with Gasteiger partial charge in [0.2, 0.25) is 0 Å².